The summed E-state index contributed by atoms with van der Waals surface area (Å²) >= 11 is 0. The molecule has 0 heterocycles. The van der Waals surface area contributed by atoms with Gasteiger partial charge in [0.2, 0.25) is 0 Å². The van der Waals surface area contributed by atoms with Gasteiger partial charge in [-0.05, 0) is 45.4 Å². The van der Waals surface area contributed by atoms with Crippen molar-refractivity contribution < 1.29 is 28.3 Å². The first-order valence-electron chi connectivity index (χ1n) is 7.58. The van der Waals surface area contributed by atoms with Crippen molar-refractivity contribution in [3.05, 3.63) is 29.8 Å². The van der Waals surface area contributed by atoms with Crippen LogP contribution in [0.5, 0.6) is 0 Å². The number of benzene rings is 1. The molecule has 0 fully saturated rings. The minimum atomic E-state index is -3.86. The van der Waals surface area contributed by atoms with Gasteiger partial charge in [-0.15, -0.1) is 0 Å². The molecule has 1 rings (SSSR count). The molecule has 0 bridgehead atoms. The molecule has 0 saturated carbocycles. The lowest BCUT2D eigenvalue weighted by Crippen LogP contribution is -2.27. The van der Waals surface area contributed by atoms with Crippen LogP contribution >= 0.6 is 7.60 Å². The van der Waals surface area contributed by atoms with E-state index in [9.17, 15) is 19.0 Å². The average molecular weight is 357 g/mol. The fourth-order valence-corrected chi connectivity index (χ4v) is 2.93. The number of rotatable bonds is 7. The lowest BCUT2D eigenvalue weighted by atomic mass is 10.1. The van der Waals surface area contributed by atoms with E-state index in [1.165, 1.54) is 0 Å². The zero-order valence-electron chi connectivity index (χ0n) is 14.4. The van der Waals surface area contributed by atoms with Gasteiger partial charge < -0.3 is 14.2 Å². The molecule has 2 N–H and O–H groups in total. The first-order valence-corrected chi connectivity index (χ1v) is 9.34. The third-order valence-electron chi connectivity index (χ3n) is 2.71. The summed E-state index contributed by atoms with van der Waals surface area (Å²) < 4.78 is 21.4. The van der Waals surface area contributed by atoms with Crippen molar-refractivity contribution in [2.45, 2.75) is 39.7 Å². The van der Waals surface area contributed by atoms with E-state index in [2.05, 4.69) is 9.84 Å². The number of carbonyl (C=O) groups excluding carboxylic acids is 2. The quantitative estimate of drug-likeness (QED) is 0.726. The maximum Gasteiger partial charge on any atom is 0.412 e. The molecule has 0 radical (unpaired) electrons. The minimum Gasteiger partial charge on any atom is -0.444 e. The van der Waals surface area contributed by atoms with Gasteiger partial charge in [0.1, 0.15) is 17.5 Å². The number of nitrogens with one attached hydrogen (secondary N) is 1. The number of anilines is 1. The fourth-order valence-electron chi connectivity index (χ4n) is 1.88. The molecule has 7 nitrogen and oxygen atoms in total. The largest absolute Gasteiger partial charge is 0.444 e. The lowest BCUT2D eigenvalue weighted by molar-refractivity contribution is -0.116. The van der Waals surface area contributed by atoms with Crippen molar-refractivity contribution in [3.63, 3.8) is 0 Å². The van der Waals surface area contributed by atoms with E-state index >= 15 is 0 Å². The van der Waals surface area contributed by atoms with Crippen LogP contribution < -0.4 is 5.32 Å². The maximum atomic E-state index is 11.8. The van der Waals surface area contributed by atoms with Crippen LogP contribution in [0.2, 0.25) is 0 Å². The molecule has 0 aliphatic rings. The highest BCUT2D eigenvalue weighted by Gasteiger charge is 2.23. The Kier molecular flexibility index (Phi) is 7.14. The van der Waals surface area contributed by atoms with E-state index in [4.69, 9.17) is 4.74 Å². The Morgan fingerprint density at radius 2 is 1.79 bits per heavy atom. The van der Waals surface area contributed by atoms with Gasteiger partial charge in [-0.25, -0.2) is 4.79 Å². The molecule has 0 saturated heterocycles. The van der Waals surface area contributed by atoms with E-state index < -0.39 is 25.5 Å². The number of Topliss-reactive ketones (excluding diaryl/α,β-unsaturated/α-hetero) is 1. The topological polar surface area (TPSA) is 102 Å². The fraction of sp³-hybridized carbons (Fsp3) is 0.500. The smallest absolute Gasteiger partial charge is 0.412 e. The van der Waals surface area contributed by atoms with Gasteiger partial charge in [-0.1, -0.05) is 12.1 Å². The number of hydrogen-bond acceptors (Lipinski definition) is 5. The first-order chi connectivity index (χ1) is 11.0. The average Bonchev–Trinajstić information content (AvgIpc) is 2.37. The SMILES string of the molecule is CCOP(=O)(O)CC(=O)Cc1ccc(NC(=O)OC(C)(C)C)cc1. The highest BCUT2D eigenvalue weighted by atomic mass is 31.2. The number of hydrogen-bond donors (Lipinski definition) is 2. The molecule has 1 aromatic rings. The standard InChI is InChI=1S/C16H24NO6P/c1-5-22-24(20,21)11-14(18)10-12-6-8-13(9-7-12)17-15(19)23-16(2,3)4/h6-9H,5,10-11H2,1-4H3,(H,17,19)(H,20,21). The summed E-state index contributed by atoms with van der Waals surface area (Å²) in [5.41, 5.74) is 0.615. The minimum absolute atomic E-state index is 0.0182. The van der Waals surface area contributed by atoms with Crippen molar-refractivity contribution in [1.29, 1.82) is 0 Å². The number of ether oxygens (including phenoxy) is 1. The van der Waals surface area contributed by atoms with Crippen LogP contribution in [0.15, 0.2) is 24.3 Å². The monoisotopic (exact) mass is 357 g/mol. The molecule has 24 heavy (non-hydrogen) atoms. The van der Waals surface area contributed by atoms with Crippen LogP contribution in [-0.4, -0.2) is 35.1 Å². The predicted octanol–water partition coefficient (Wildman–Crippen LogP) is 3.37. The van der Waals surface area contributed by atoms with E-state index in [0.29, 0.717) is 11.3 Å². The Labute approximate surface area is 141 Å². The van der Waals surface area contributed by atoms with Crippen LogP contribution in [0.1, 0.15) is 33.3 Å². The second-order valence-electron chi connectivity index (χ2n) is 6.25. The van der Waals surface area contributed by atoms with Crippen LogP contribution in [-0.2, 0) is 25.0 Å². The van der Waals surface area contributed by atoms with Gasteiger partial charge in [0.05, 0.1) is 6.61 Å². The molecule has 8 heteroatoms. The summed E-state index contributed by atoms with van der Waals surface area (Å²) in [4.78, 5) is 32.9. The summed E-state index contributed by atoms with van der Waals surface area (Å²) in [6.45, 7) is 6.96. The molecule has 134 valence electrons. The van der Waals surface area contributed by atoms with Crippen molar-refractivity contribution in [2.24, 2.45) is 0 Å². The molecule has 1 aromatic carbocycles. The predicted molar refractivity (Wildman–Crippen MR) is 91.3 cm³/mol. The van der Waals surface area contributed by atoms with Crippen molar-refractivity contribution in [2.75, 3.05) is 18.1 Å². The molecule has 0 aliphatic heterocycles. The van der Waals surface area contributed by atoms with E-state index in [-0.39, 0.29) is 18.8 Å². The molecule has 0 aromatic heterocycles. The highest BCUT2D eigenvalue weighted by Crippen LogP contribution is 2.41. The Morgan fingerprint density at radius 1 is 1.21 bits per heavy atom. The lowest BCUT2D eigenvalue weighted by Gasteiger charge is -2.19. The highest BCUT2D eigenvalue weighted by molar-refractivity contribution is 7.53. The molecule has 0 spiro atoms. The summed E-state index contributed by atoms with van der Waals surface area (Å²) in [5.74, 6) is -0.387. The number of carbonyl (C=O) groups is 2. The molecule has 1 unspecified atom stereocenters. The Hall–Kier alpha value is -1.69. The Balaban J connectivity index is 2.57. The molecule has 1 amide bonds. The van der Waals surface area contributed by atoms with Crippen LogP contribution in [0.4, 0.5) is 10.5 Å². The number of ketones is 1. The second-order valence-corrected chi connectivity index (χ2v) is 8.10. The van der Waals surface area contributed by atoms with Crippen LogP contribution in [0.3, 0.4) is 0 Å². The second kappa shape index (κ2) is 8.42. The van der Waals surface area contributed by atoms with Gasteiger partial charge in [-0.2, -0.15) is 0 Å². The Morgan fingerprint density at radius 3 is 2.29 bits per heavy atom. The third kappa shape index (κ3) is 8.24. The van der Waals surface area contributed by atoms with Crippen molar-refractivity contribution in [3.8, 4) is 0 Å². The van der Waals surface area contributed by atoms with Gasteiger partial charge in [0, 0.05) is 12.1 Å². The van der Waals surface area contributed by atoms with E-state index in [1.54, 1.807) is 52.0 Å². The first kappa shape index (κ1) is 20.4. The van der Waals surface area contributed by atoms with Crippen LogP contribution in [0.25, 0.3) is 0 Å². The van der Waals surface area contributed by atoms with Gasteiger partial charge in [0.15, 0.2) is 0 Å². The van der Waals surface area contributed by atoms with Crippen molar-refractivity contribution in [1.82, 2.24) is 0 Å². The summed E-state index contributed by atoms with van der Waals surface area (Å²) in [6, 6.07) is 6.59. The Bertz CT molecular complexity index is 620. The third-order valence-corrected chi connectivity index (χ3v) is 4.12. The normalized spacial score (nSPS) is 13.9. The van der Waals surface area contributed by atoms with Gasteiger partial charge in [0.25, 0.3) is 0 Å². The van der Waals surface area contributed by atoms with E-state index in [0.717, 1.165) is 0 Å². The van der Waals surface area contributed by atoms with E-state index in [1.807, 2.05) is 0 Å². The zero-order chi connectivity index (χ0) is 18.4. The molecule has 1 atom stereocenters. The zero-order valence-corrected chi connectivity index (χ0v) is 15.3. The van der Waals surface area contributed by atoms with Gasteiger partial charge in [-0.3, -0.25) is 14.7 Å². The van der Waals surface area contributed by atoms with Gasteiger partial charge >= 0.3 is 13.7 Å². The molecule has 0 aliphatic carbocycles. The summed E-state index contributed by atoms with van der Waals surface area (Å²) in [5, 5.41) is 2.58. The summed E-state index contributed by atoms with van der Waals surface area (Å²) in [7, 11) is -3.86. The maximum absolute atomic E-state index is 11.8. The van der Waals surface area contributed by atoms with Crippen molar-refractivity contribution >= 4 is 25.2 Å². The summed E-state index contributed by atoms with van der Waals surface area (Å²) in [6.07, 6.45) is -1.06. The molecular formula is C16H24NO6P. The van der Waals surface area contributed by atoms with Crippen LogP contribution in [0, 0.1) is 0 Å². The number of amides is 1. The molecular weight excluding hydrogens is 333 g/mol.